The Morgan fingerprint density at radius 3 is 1.67 bits per heavy atom. The Labute approximate surface area is 93.1 Å². The second kappa shape index (κ2) is 5.29. The molecule has 0 spiro atoms. The first-order valence-corrected chi connectivity index (χ1v) is 5.48. The lowest BCUT2D eigenvalue weighted by Gasteiger charge is -2.16. The van der Waals surface area contributed by atoms with E-state index in [-0.39, 0.29) is 5.41 Å². The van der Waals surface area contributed by atoms with Crippen LogP contribution in [0.15, 0.2) is 35.5 Å². The first-order valence-electron chi connectivity index (χ1n) is 5.48. The van der Waals surface area contributed by atoms with E-state index in [1.807, 2.05) is 14.1 Å². The van der Waals surface area contributed by atoms with Crippen LogP contribution in [0, 0.1) is 5.41 Å². The molecule has 0 unspecified atom stereocenters. The van der Waals surface area contributed by atoms with Crippen LogP contribution in [-0.4, -0.2) is 27.2 Å². The quantitative estimate of drug-likeness (QED) is 0.734. The second-order valence-corrected chi connectivity index (χ2v) is 4.65. The van der Waals surface area contributed by atoms with Crippen molar-refractivity contribution in [1.29, 1.82) is 0 Å². The van der Waals surface area contributed by atoms with Crippen LogP contribution < -0.4 is 10.6 Å². The fourth-order valence-corrected chi connectivity index (χ4v) is 1.94. The van der Waals surface area contributed by atoms with E-state index in [1.54, 1.807) is 0 Å². The van der Waals surface area contributed by atoms with E-state index in [4.69, 9.17) is 0 Å². The Morgan fingerprint density at radius 2 is 1.33 bits per heavy atom. The molecule has 0 radical (unpaired) electrons. The standard InChI is InChI=1S/C13H22N2/c1-13(2)7-11(9-14-3)5-6-12(8-13)10-15-4/h5-8,14-15H,9-10H2,1-4H3. The summed E-state index contributed by atoms with van der Waals surface area (Å²) in [5.41, 5.74) is 2.84. The molecule has 0 amide bonds. The maximum Gasteiger partial charge on any atom is 0.0199 e. The summed E-state index contributed by atoms with van der Waals surface area (Å²) in [7, 11) is 3.96. The summed E-state index contributed by atoms with van der Waals surface area (Å²) in [4.78, 5) is 0. The summed E-state index contributed by atoms with van der Waals surface area (Å²) in [5.74, 6) is 0. The van der Waals surface area contributed by atoms with Gasteiger partial charge in [0.1, 0.15) is 0 Å². The maximum atomic E-state index is 3.19. The molecule has 84 valence electrons. The summed E-state index contributed by atoms with van der Waals surface area (Å²) < 4.78 is 0. The van der Waals surface area contributed by atoms with Crippen LogP contribution in [0.2, 0.25) is 0 Å². The van der Waals surface area contributed by atoms with E-state index in [9.17, 15) is 0 Å². The van der Waals surface area contributed by atoms with Crippen molar-refractivity contribution in [3.8, 4) is 0 Å². The molecule has 0 bridgehead atoms. The van der Waals surface area contributed by atoms with Gasteiger partial charge in [0, 0.05) is 18.5 Å². The van der Waals surface area contributed by atoms with Gasteiger partial charge in [-0.15, -0.1) is 0 Å². The third kappa shape index (κ3) is 4.02. The average Bonchev–Trinajstić information content (AvgIpc) is 2.26. The summed E-state index contributed by atoms with van der Waals surface area (Å²) in [6, 6.07) is 0. The van der Waals surface area contributed by atoms with Gasteiger partial charge < -0.3 is 10.6 Å². The predicted molar refractivity (Wildman–Crippen MR) is 66.9 cm³/mol. The van der Waals surface area contributed by atoms with E-state index in [0.717, 1.165) is 13.1 Å². The molecular formula is C13H22N2. The molecule has 0 aromatic rings. The molecular weight excluding hydrogens is 184 g/mol. The van der Waals surface area contributed by atoms with Crippen LogP contribution >= 0.6 is 0 Å². The van der Waals surface area contributed by atoms with Gasteiger partial charge in [-0.2, -0.15) is 0 Å². The first kappa shape index (κ1) is 12.2. The fourth-order valence-electron chi connectivity index (χ4n) is 1.94. The molecule has 0 aromatic heterocycles. The third-order valence-electron chi connectivity index (χ3n) is 2.39. The second-order valence-electron chi connectivity index (χ2n) is 4.65. The predicted octanol–water partition coefficient (Wildman–Crippen LogP) is 1.87. The minimum absolute atomic E-state index is 0.141. The molecule has 0 atom stereocenters. The fraction of sp³-hybridized carbons (Fsp3) is 0.538. The molecule has 2 N–H and O–H groups in total. The lowest BCUT2D eigenvalue weighted by atomic mass is 9.90. The van der Waals surface area contributed by atoms with Gasteiger partial charge in [-0.3, -0.25) is 0 Å². The van der Waals surface area contributed by atoms with Crippen molar-refractivity contribution < 1.29 is 0 Å². The Balaban J connectivity index is 2.86. The maximum absolute atomic E-state index is 3.19. The zero-order valence-corrected chi connectivity index (χ0v) is 10.2. The monoisotopic (exact) mass is 206 g/mol. The number of hydrogen-bond donors (Lipinski definition) is 2. The van der Waals surface area contributed by atoms with Gasteiger partial charge in [0.2, 0.25) is 0 Å². The smallest absolute Gasteiger partial charge is 0.0199 e. The van der Waals surface area contributed by atoms with E-state index in [2.05, 4.69) is 48.8 Å². The van der Waals surface area contributed by atoms with Gasteiger partial charge in [0.25, 0.3) is 0 Å². The summed E-state index contributed by atoms with van der Waals surface area (Å²) in [6.07, 6.45) is 9.05. The number of allylic oxidation sites excluding steroid dienone is 2. The highest BCUT2D eigenvalue weighted by molar-refractivity contribution is 5.37. The van der Waals surface area contributed by atoms with Crippen molar-refractivity contribution in [1.82, 2.24) is 10.6 Å². The Morgan fingerprint density at radius 1 is 0.933 bits per heavy atom. The summed E-state index contributed by atoms with van der Waals surface area (Å²) >= 11 is 0. The van der Waals surface area contributed by atoms with Crippen LogP contribution in [0.25, 0.3) is 0 Å². The minimum atomic E-state index is 0.141. The number of rotatable bonds is 4. The van der Waals surface area contributed by atoms with Crippen molar-refractivity contribution in [3.63, 3.8) is 0 Å². The van der Waals surface area contributed by atoms with Gasteiger partial charge in [-0.1, -0.05) is 38.2 Å². The van der Waals surface area contributed by atoms with Crippen molar-refractivity contribution >= 4 is 0 Å². The molecule has 2 nitrogen and oxygen atoms in total. The third-order valence-corrected chi connectivity index (χ3v) is 2.39. The van der Waals surface area contributed by atoms with E-state index in [0.29, 0.717) is 0 Å². The lowest BCUT2D eigenvalue weighted by molar-refractivity contribution is 0.614. The molecule has 0 fully saturated rings. The van der Waals surface area contributed by atoms with Crippen molar-refractivity contribution in [2.75, 3.05) is 27.2 Å². The van der Waals surface area contributed by atoms with E-state index < -0.39 is 0 Å². The molecule has 15 heavy (non-hydrogen) atoms. The van der Waals surface area contributed by atoms with Crippen LogP contribution in [0.1, 0.15) is 13.8 Å². The van der Waals surface area contributed by atoms with E-state index in [1.165, 1.54) is 11.1 Å². The van der Waals surface area contributed by atoms with Crippen molar-refractivity contribution in [2.45, 2.75) is 13.8 Å². The zero-order chi connectivity index (χ0) is 11.3. The molecule has 2 heteroatoms. The van der Waals surface area contributed by atoms with E-state index >= 15 is 0 Å². The largest absolute Gasteiger partial charge is 0.316 e. The molecule has 0 aromatic carbocycles. The highest BCUT2D eigenvalue weighted by Crippen LogP contribution is 2.26. The molecule has 1 aliphatic rings. The molecule has 0 aliphatic heterocycles. The number of nitrogens with one attached hydrogen (secondary N) is 2. The Hall–Kier alpha value is -0.860. The SMILES string of the molecule is CNCC1=CC(C)(C)C=C(CNC)C=C1. The summed E-state index contributed by atoms with van der Waals surface area (Å²) in [6.45, 7) is 6.35. The molecule has 0 saturated carbocycles. The highest BCUT2D eigenvalue weighted by Gasteiger charge is 2.14. The first-order chi connectivity index (χ1) is 7.07. The lowest BCUT2D eigenvalue weighted by Crippen LogP contribution is -2.13. The minimum Gasteiger partial charge on any atom is -0.316 e. The van der Waals surface area contributed by atoms with Crippen molar-refractivity contribution in [2.24, 2.45) is 5.41 Å². The Kier molecular flexibility index (Phi) is 4.30. The highest BCUT2D eigenvalue weighted by atomic mass is 14.8. The summed E-state index contributed by atoms with van der Waals surface area (Å²) in [5, 5.41) is 6.38. The average molecular weight is 206 g/mol. The number of hydrogen-bond acceptors (Lipinski definition) is 2. The zero-order valence-electron chi connectivity index (χ0n) is 10.2. The van der Waals surface area contributed by atoms with Gasteiger partial charge in [-0.05, 0) is 25.2 Å². The number of likely N-dealkylation sites (N-methyl/N-ethyl adjacent to an activating group) is 2. The van der Waals surface area contributed by atoms with Gasteiger partial charge in [-0.25, -0.2) is 0 Å². The molecule has 0 saturated heterocycles. The van der Waals surface area contributed by atoms with Gasteiger partial charge >= 0.3 is 0 Å². The van der Waals surface area contributed by atoms with Gasteiger partial charge in [0.15, 0.2) is 0 Å². The molecule has 1 rings (SSSR count). The van der Waals surface area contributed by atoms with Gasteiger partial charge in [0.05, 0.1) is 0 Å². The van der Waals surface area contributed by atoms with Crippen LogP contribution in [0.5, 0.6) is 0 Å². The Bertz CT molecular complexity index is 268. The van der Waals surface area contributed by atoms with Crippen LogP contribution in [0.3, 0.4) is 0 Å². The van der Waals surface area contributed by atoms with Crippen LogP contribution in [0.4, 0.5) is 0 Å². The van der Waals surface area contributed by atoms with Crippen LogP contribution in [-0.2, 0) is 0 Å². The molecule has 1 aliphatic carbocycles. The normalized spacial score (nSPS) is 19.5. The molecule has 0 heterocycles. The van der Waals surface area contributed by atoms with Crippen molar-refractivity contribution in [3.05, 3.63) is 35.5 Å². The topological polar surface area (TPSA) is 24.1 Å².